The van der Waals surface area contributed by atoms with Crippen molar-refractivity contribution in [3.8, 4) is 68.0 Å². The lowest BCUT2D eigenvalue weighted by molar-refractivity contribution is -0.117. The molecule has 13 aromatic carbocycles. The maximum absolute atomic E-state index is 13.2. The Morgan fingerprint density at radius 1 is 0.237 bits per heavy atom. The number of nitrogens with one attached hydrogen (secondary N) is 4. The summed E-state index contributed by atoms with van der Waals surface area (Å²) in [4.78, 5) is 91.8. The number of carbonyl (C=O) groups is 4. The van der Waals surface area contributed by atoms with Gasteiger partial charge in [-0.05, 0) is 247 Å². The molecule has 0 radical (unpaired) electrons. The molecule has 20 heteroatoms. The summed E-state index contributed by atoms with van der Waals surface area (Å²) in [6.45, 7) is 0. The molecule has 21 rings (SSSR count). The van der Waals surface area contributed by atoms with Crippen LogP contribution in [0.1, 0.15) is 157 Å². The van der Waals surface area contributed by atoms with E-state index in [1.807, 2.05) is 218 Å². The standard InChI is InChI=1S/C32H27N3O2.C30H29N3O2.C29H27N3O2.C28H25N3O2/c36-26-15-16-27-25(20-26)11-6-12-28-31(27)33-29(18-21-7-2-1-3-8-21)32(34-28)35-30(37)19-22-13-14-23-9-4-5-10-24(23)17-22;34-24-17-18-25-23(20-24)14-8-15-26-29(25)31-27(19-22-11-5-2-6-12-22)30(32-26)33-28(35)16-7-13-21-9-3-1-4-10-21;33-23-15-16-24-22(19-23)12-7-13-25-28(24)30-26(18-21-10-5-2-6-11-21)29(31-25)32-27(34)17-14-20-8-3-1-4-9-20;32-22-14-15-23-21(18-22)12-7-13-24-27(23)29-25(16-19-8-3-1-4-9-19)28(30-24)31-26(33)17-20-10-5-2-6-11-20/h1-5,7-10,13-17,20,36H,6,11-12,18-19H2,(H,34,35,37);1-6,9-12,17-18,20,34H,7-8,13-16,19H2,(H,32,33,35);1-6,8-11,15-16,19,33H,7,12-14,17-18H2,(H,31,32,34);1-6,8-11,14-15,18,32H,7,12-13,16-17H2,(H,30,31,33). The highest BCUT2D eigenvalue weighted by Crippen LogP contribution is 2.41. The van der Waals surface area contributed by atoms with Crippen molar-refractivity contribution in [1.29, 1.82) is 0 Å². The topological polar surface area (TPSA) is 300 Å². The molecule has 0 aliphatic heterocycles. The summed E-state index contributed by atoms with van der Waals surface area (Å²) in [6, 6.07) is 106. The number of nitrogens with zero attached hydrogens (tertiary/aromatic N) is 8. The Kier molecular flexibility index (Phi) is 29.9. The Hall–Kier alpha value is -16.5. The predicted molar refractivity (Wildman–Crippen MR) is 548 cm³/mol. The molecule has 0 fully saturated rings. The third-order valence-electron chi connectivity index (χ3n) is 25.4. The number of fused-ring (bicyclic) bond motifs is 13. The van der Waals surface area contributed by atoms with Crippen molar-refractivity contribution in [2.75, 3.05) is 21.3 Å². The van der Waals surface area contributed by atoms with Crippen molar-refractivity contribution in [1.82, 2.24) is 39.9 Å². The number of anilines is 4. The van der Waals surface area contributed by atoms with Crippen molar-refractivity contribution in [3.05, 3.63) is 440 Å². The molecule has 0 bridgehead atoms. The first-order valence-corrected chi connectivity index (χ1v) is 47.9. The lowest BCUT2D eigenvalue weighted by Crippen LogP contribution is -2.18. The third kappa shape index (κ3) is 24.4. The van der Waals surface area contributed by atoms with Crippen LogP contribution in [0.15, 0.2) is 328 Å². The van der Waals surface area contributed by atoms with Crippen LogP contribution in [0.2, 0.25) is 0 Å². The van der Waals surface area contributed by atoms with Crippen molar-refractivity contribution >= 4 is 57.7 Å². The van der Waals surface area contributed by atoms with Gasteiger partial charge in [0.05, 0.1) is 81.2 Å². The number of rotatable bonds is 23. The molecule has 4 aliphatic rings. The molecule has 0 spiro atoms. The van der Waals surface area contributed by atoms with Crippen LogP contribution < -0.4 is 21.3 Å². The SMILES string of the molecule is O=C(CCCc1ccccc1)Nc1nc2c(nc1Cc1ccccc1)-c1ccc(O)cc1CCC2.O=C(CCc1ccccc1)Nc1nc2c(nc1Cc1ccccc1)-c1ccc(O)cc1CCC2.O=C(Cc1ccc2ccccc2c1)Nc1nc2c(nc1Cc1ccccc1)-c1ccc(O)cc1CCC2.O=C(Cc1ccccc1)Nc1nc2c(nc1Cc1ccccc1)-c1ccc(O)cc1CCC2. The van der Waals surface area contributed by atoms with Gasteiger partial charge in [0.1, 0.15) is 23.0 Å². The number of benzene rings is 13. The van der Waals surface area contributed by atoms with E-state index in [1.165, 1.54) is 5.56 Å². The van der Waals surface area contributed by atoms with E-state index in [2.05, 4.69) is 106 Å². The van der Waals surface area contributed by atoms with Gasteiger partial charge in [-0.2, -0.15) is 0 Å². The lowest BCUT2D eigenvalue weighted by Gasteiger charge is -2.15. The number of aromatic nitrogens is 8. The molecule has 692 valence electrons. The van der Waals surface area contributed by atoms with Crippen molar-refractivity contribution in [3.63, 3.8) is 0 Å². The highest BCUT2D eigenvalue weighted by molar-refractivity contribution is 5.95. The second kappa shape index (κ2) is 44.8. The summed E-state index contributed by atoms with van der Waals surface area (Å²) in [5.74, 6) is 2.89. The molecule has 17 aromatic rings. The van der Waals surface area contributed by atoms with Gasteiger partial charge in [0.15, 0.2) is 23.3 Å². The van der Waals surface area contributed by atoms with E-state index in [0.717, 1.165) is 252 Å². The first-order valence-electron chi connectivity index (χ1n) is 47.9. The van der Waals surface area contributed by atoms with Gasteiger partial charge in [-0.3, -0.25) is 19.2 Å². The van der Waals surface area contributed by atoms with Gasteiger partial charge in [0.25, 0.3) is 0 Å². The minimum atomic E-state index is -0.113. The Balaban J connectivity index is 0.000000123. The molecule has 8 N–H and O–H groups in total. The predicted octanol–water partition coefficient (Wildman–Crippen LogP) is 22.8. The van der Waals surface area contributed by atoms with Crippen LogP contribution in [0.3, 0.4) is 0 Å². The molecule has 0 saturated heterocycles. The van der Waals surface area contributed by atoms with Crippen LogP contribution in [0.4, 0.5) is 23.3 Å². The smallest absolute Gasteiger partial charge is 0.229 e. The number of carbonyl (C=O) groups excluding carboxylic acids is 4. The van der Waals surface area contributed by atoms with Gasteiger partial charge in [0.2, 0.25) is 23.6 Å². The summed E-state index contributed by atoms with van der Waals surface area (Å²) in [6.07, 6.45) is 16.1. The van der Waals surface area contributed by atoms with Crippen LogP contribution in [0.5, 0.6) is 23.0 Å². The number of amides is 4. The summed E-state index contributed by atoms with van der Waals surface area (Å²) < 4.78 is 0. The number of hydrogen-bond donors (Lipinski definition) is 8. The van der Waals surface area contributed by atoms with E-state index in [9.17, 15) is 39.6 Å². The zero-order valence-corrected chi connectivity index (χ0v) is 77.4. The van der Waals surface area contributed by atoms with Gasteiger partial charge in [-0.25, -0.2) is 39.9 Å². The molecule has 4 aromatic heterocycles. The van der Waals surface area contributed by atoms with E-state index in [1.54, 1.807) is 24.3 Å². The number of aromatic hydroxyl groups is 4. The largest absolute Gasteiger partial charge is 0.508 e. The second-order valence-electron chi connectivity index (χ2n) is 35.7. The molecule has 0 saturated carbocycles. The van der Waals surface area contributed by atoms with Crippen LogP contribution >= 0.6 is 0 Å². The number of hydrogen-bond acceptors (Lipinski definition) is 16. The van der Waals surface area contributed by atoms with E-state index < -0.39 is 0 Å². The first-order chi connectivity index (χ1) is 68.1. The molecule has 139 heavy (non-hydrogen) atoms. The van der Waals surface area contributed by atoms with Crippen molar-refractivity contribution < 1.29 is 39.6 Å². The molecule has 0 atom stereocenters. The number of phenolic OH excluding ortho intramolecular Hbond substituents is 4. The Morgan fingerprint density at radius 2 is 0.511 bits per heavy atom. The summed E-state index contributed by atoms with van der Waals surface area (Å²) in [5, 5.41) is 54.4. The van der Waals surface area contributed by atoms with E-state index in [-0.39, 0.29) is 59.5 Å². The van der Waals surface area contributed by atoms with Gasteiger partial charge < -0.3 is 41.7 Å². The molecule has 4 amide bonds. The maximum Gasteiger partial charge on any atom is 0.229 e. The quantitative estimate of drug-likeness (QED) is 0.0295. The van der Waals surface area contributed by atoms with Crippen molar-refractivity contribution in [2.24, 2.45) is 0 Å². The Labute approximate surface area is 809 Å². The first kappa shape index (κ1) is 92.9. The van der Waals surface area contributed by atoms with E-state index in [4.69, 9.17) is 39.9 Å². The maximum atomic E-state index is 13.2. The highest BCUT2D eigenvalue weighted by Gasteiger charge is 2.29. The van der Waals surface area contributed by atoms with E-state index in [0.29, 0.717) is 68.2 Å². The fourth-order valence-electron chi connectivity index (χ4n) is 18.5. The average molecular weight is 1830 g/mol. The van der Waals surface area contributed by atoms with Crippen molar-refractivity contribution in [2.45, 2.75) is 148 Å². The number of aryl methyl sites for hydroxylation is 10. The van der Waals surface area contributed by atoms with Gasteiger partial charge in [-0.15, -0.1) is 0 Å². The van der Waals surface area contributed by atoms with Crippen LogP contribution in [0, 0.1) is 0 Å². The van der Waals surface area contributed by atoms with Gasteiger partial charge in [0, 0.05) is 60.8 Å². The normalized spacial score (nSPS) is 12.4. The Bertz CT molecular complexity index is 7240. The zero-order valence-electron chi connectivity index (χ0n) is 77.4. The van der Waals surface area contributed by atoms with Gasteiger partial charge >= 0.3 is 0 Å². The van der Waals surface area contributed by atoms with Gasteiger partial charge in [-0.1, -0.05) is 255 Å². The lowest BCUT2D eigenvalue weighted by atomic mass is 10.0. The highest BCUT2D eigenvalue weighted by atomic mass is 16.3. The van der Waals surface area contributed by atoms with Crippen LogP contribution in [-0.2, 0) is 122 Å². The molecular weight excluding hydrogens is 1730 g/mol. The summed E-state index contributed by atoms with van der Waals surface area (Å²) in [7, 11) is 0. The minimum Gasteiger partial charge on any atom is -0.508 e. The number of phenols is 4. The Morgan fingerprint density at radius 3 is 0.842 bits per heavy atom. The monoisotopic (exact) mass is 1830 g/mol. The minimum absolute atomic E-state index is 0.0385. The molecule has 0 unspecified atom stereocenters. The summed E-state index contributed by atoms with van der Waals surface area (Å²) >= 11 is 0. The third-order valence-corrected chi connectivity index (χ3v) is 25.4. The second-order valence-corrected chi connectivity index (χ2v) is 35.7. The molecule has 4 aliphatic carbocycles. The van der Waals surface area contributed by atoms with E-state index >= 15 is 0 Å². The molecule has 4 heterocycles. The molecule has 20 nitrogen and oxygen atoms in total. The fourth-order valence-corrected chi connectivity index (χ4v) is 18.5. The molecular formula is C119H108N12O8. The van der Waals surface area contributed by atoms with Crippen LogP contribution in [-0.4, -0.2) is 83.9 Å². The average Bonchev–Trinajstić information content (AvgIpc) is 1.76. The zero-order chi connectivity index (χ0) is 95.2. The van der Waals surface area contributed by atoms with Crippen LogP contribution in [0.25, 0.3) is 55.8 Å². The fraction of sp³-hybridized carbons (Fsp3) is 0.193. The summed E-state index contributed by atoms with van der Waals surface area (Å²) in [5.41, 5.74) is 26.9.